The number of anilines is 1. The number of rotatable bonds is 4. The minimum atomic E-state index is -4.87. The molecule has 2 aromatic heterocycles. The van der Waals surface area contributed by atoms with Gasteiger partial charge in [0, 0.05) is 15.6 Å². The molecule has 8 nitrogen and oxygen atoms in total. The monoisotopic (exact) mass is 467 g/mol. The molecule has 0 aliphatic heterocycles. The number of benzene rings is 2. The van der Waals surface area contributed by atoms with E-state index in [0.717, 1.165) is 6.20 Å². The number of halogens is 5. The van der Waals surface area contributed by atoms with E-state index < -0.39 is 23.3 Å². The summed E-state index contributed by atoms with van der Waals surface area (Å²) in [7, 11) is 0. The second-order valence-electron chi connectivity index (χ2n) is 6.17. The highest BCUT2D eigenvalue weighted by molar-refractivity contribution is 6.31. The molecule has 4 rings (SSSR count). The summed E-state index contributed by atoms with van der Waals surface area (Å²) in [6.07, 6.45) is -4.03. The quantitative estimate of drug-likeness (QED) is 0.455. The lowest BCUT2D eigenvalue weighted by Gasteiger charge is -2.14. The number of amides is 1. The Morgan fingerprint density at radius 1 is 1.06 bits per heavy atom. The molecule has 4 aromatic rings. The first-order valence-electron chi connectivity index (χ1n) is 8.50. The molecule has 2 N–H and O–H groups in total. The van der Waals surface area contributed by atoms with Crippen molar-refractivity contribution in [3.8, 4) is 17.1 Å². The Morgan fingerprint density at radius 2 is 1.77 bits per heavy atom. The smallest absolute Gasteiger partial charge is 0.321 e. The normalized spacial score (nSPS) is 11.5. The van der Waals surface area contributed by atoms with Crippen LogP contribution in [0.3, 0.4) is 0 Å². The zero-order chi connectivity index (χ0) is 22.2. The summed E-state index contributed by atoms with van der Waals surface area (Å²) in [6, 6.07) is 9.94. The predicted octanol–water partition coefficient (Wildman–Crippen LogP) is 4.63. The van der Waals surface area contributed by atoms with Crippen molar-refractivity contribution >= 4 is 34.8 Å². The van der Waals surface area contributed by atoms with Gasteiger partial charge in [-0.3, -0.25) is 4.79 Å². The van der Waals surface area contributed by atoms with Gasteiger partial charge in [-0.2, -0.15) is 23.5 Å². The van der Waals surface area contributed by atoms with Gasteiger partial charge in [-0.25, -0.2) is 4.68 Å². The van der Waals surface area contributed by atoms with E-state index in [1.54, 1.807) is 0 Å². The van der Waals surface area contributed by atoms with Crippen molar-refractivity contribution in [2.45, 2.75) is 6.18 Å². The van der Waals surface area contributed by atoms with Gasteiger partial charge in [0.05, 0.1) is 23.1 Å². The van der Waals surface area contributed by atoms with Gasteiger partial charge in [0.1, 0.15) is 0 Å². The summed E-state index contributed by atoms with van der Waals surface area (Å²) in [4.78, 5) is 12.8. The molecule has 0 radical (unpaired) electrons. The topological polar surface area (TPSA) is 101 Å². The third-order valence-corrected chi connectivity index (χ3v) is 4.66. The van der Waals surface area contributed by atoms with Crippen LogP contribution in [0.5, 0.6) is 0 Å². The third-order valence-electron chi connectivity index (χ3n) is 4.17. The zero-order valence-corrected chi connectivity index (χ0v) is 16.7. The summed E-state index contributed by atoms with van der Waals surface area (Å²) in [6.45, 7) is 0. The summed E-state index contributed by atoms with van der Waals surface area (Å²) >= 11 is 11.8. The second kappa shape index (κ2) is 8.00. The number of carbonyl (C=O) groups excluding carboxylic acids is 1. The van der Waals surface area contributed by atoms with E-state index >= 15 is 0 Å². The van der Waals surface area contributed by atoms with Crippen molar-refractivity contribution in [1.82, 2.24) is 30.4 Å². The van der Waals surface area contributed by atoms with Crippen molar-refractivity contribution in [1.29, 1.82) is 0 Å². The lowest BCUT2D eigenvalue weighted by molar-refractivity contribution is -0.143. The van der Waals surface area contributed by atoms with Crippen LogP contribution >= 0.6 is 23.2 Å². The van der Waals surface area contributed by atoms with Gasteiger partial charge < -0.3 is 5.32 Å². The van der Waals surface area contributed by atoms with E-state index in [1.165, 1.54) is 42.5 Å². The summed E-state index contributed by atoms with van der Waals surface area (Å²) < 4.78 is 42.2. The number of alkyl halides is 3. The standard InChI is InChI=1S/C18H10Cl2F3N7O/c19-9-1-4-11(5-2-9)30-15(18(21,22)23)13(8-24-30)17(31)25-14-7-10(20)3-6-12(14)16-26-28-29-27-16/h1-8H,(H,25,31)(H,26,27,28,29). The molecule has 0 spiro atoms. The molecule has 0 unspecified atom stereocenters. The number of aromatic nitrogens is 6. The van der Waals surface area contributed by atoms with E-state index in [9.17, 15) is 18.0 Å². The number of hydrogen-bond donors (Lipinski definition) is 2. The van der Waals surface area contributed by atoms with Gasteiger partial charge in [-0.1, -0.05) is 23.2 Å². The van der Waals surface area contributed by atoms with Crippen molar-refractivity contribution in [2.75, 3.05) is 5.32 Å². The minimum Gasteiger partial charge on any atom is -0.321 e. The molecule has 0 saturated carbocycles. The highest BCUT2D eigenvalue weighted by Gasteiger charge is 2.40. The van der Waals surface area contributed by atoms with E-state index in [1.807, 2.05) is 0 Å². The summed E-state index contributed by atoms with van der Waals surface area (Å²) in [5, 5.41) is 20.1. The number of aromatic amines is 1. The van der Waals surface area contributed by atoms with Crippen molar-refractivity contribution in [3.05, 3.63) is 70.0 Å². The first-order chi connectivity index (χ1) is 14.7. The molecule has 2 heterocycles. The number of H-pyrrole nitrogens is 1. The summed E-state index contributed by atoms with van der Waals surface area (Å²) in [5.74, 6) is -0.917. The Kier molecular flexibility index (Phi) is 5.38. The van der Waals surface area contributed by atoms with E-state index in [2.05, 4.69) is 31.0 Å². The van der Waals surface area contributed by atoms with Crippen LogP contribution in [0.15, 0.2) is 48.7 Å². The van der Waals surface area contributed by atoms with E-state index in [4.69, 9.17) is 23.2 Å². The fraction of sp³-hybridized carbons (Fsp3) is 0.0556. The van der Waals surface area contributed by atoms with Crippen LogP contribution in [0.25, 0.3) is 17.1 Å². The van der Waals surface area contributed by atoms with Gasteiger partial charge in [0.15, 0.2) is 5.69 Å². The highest BCUT2D eigenvalue weighted by atomic mass is 35.5. The Balaban J connectivity index is 1.75. The molecule has 0 bridgehead atoms. The van der Waals surface area contributed by atoms with Crippen molar-refractivity contribution in [3.63, 3.8) is 0 Å². The van der Waals surface area contributed by atoms with Gasteiger partial charge in [-0.15, -0.1) is 10.2 Å². The van der Waals surface area contributed by atoms with Crippen LogP contribution in [0.1, 0.15) is 16.1 Å². The third kappa shape index (κ3) is 4.23. The largest absolute Gasteiger partial charge is 0.434 e. The Labute approximate surface area is 182 Å². The molecule has 0 aliphatic rings. The molecule has 0 atom stereocenters. The molecule has 13 heteroatoms. The average Bonchev–Trinajstić information content (AvgIpc) is 3.38. The maximum absolute atomic E-state index is 13.9. The average molecular weight is 468 g/mol. The van der Waals surface area contributed by atoms with Crippen molar-refractivity contribution in [2.24, 2.45) is 0 Å². The number of nitrogens with one attached hydrogen (secondary N) is 2. The molecule has 0 fully saturated rings. The van der Waals surface area contributed by atoms with Crippen LogP contribution in [0.4, 0.5) is 18.9 Å². The van der Waals surface area contributed by atoms with Gasteiger partial charge in [0.2, 0.25) is 5.82 Å². The SMILES string of the molecule is O=C(Nc1cc(Cl)ccc1-c1nn[nH]n1)c1cnn(-c2ccc(Cl)cc2)c1C(F)(F)F. The van der Waals surface area contributed by atoms with Crippen LogP contribution in [0.2, 0.25) is 10.0 Å². The first kappa shape index (κ1) is 20.8. The molecular formula is C18H10Cl2F3N7O. The number of hydrogen-bond acceptors (Lipinski definition) is 5. The van der Waals surface area contributed by atoms with Crippen LogP contribution in [-0.4, -0.2) is 36.3 Å². The van der Waals surface area contributed by atoms with Gasteiger partial charge >= 0.3 is 6.18 Å². The van der Waals surface area contributed by atoms with Gasteiger partial charge in [-0.05, 0) is 47.7 Å². The molecule has 158 valence electrons. The minimum absolute atomic E-state index is 0.0889. The fourth-order valence-corrected chi connectivity index (χ4v) is 3.14. The predicted molar refractivity (Wildman–Crippen MR) is 106 cm³/mol. The number of nitrogens with zero attached hydrogens (tertiary/aromatic N) is 5. The lowest BCUT2D eigenvalue weighted by atomic mass is 10.1. The zero-order valence-electron chi connectivity index (χ0n) is 15.2. The van der Waals surface area contributed by atoms with Crippen LogP contribution in [0, 0.1) is 0 Å². The lowest BCUT2D eigenvalue weighted by Crippen LogP contribution is -2.21. The molecule has 31 heavy (non-hydrogen) atoms. The molecular weight excluding hydrogens is 458 g/mol. The second-order valence-corrected chi connectivity index (χ2v) is 7.05. The fourth-order valence-electron chi connectivity index (χ4n) is 2.85. The Hall–Kier alpha value is -3.44. The van der Waals surface area contributed by atoms with Crippen LogP contribution in [-0.2, 0) is 6.18 Å². The first-order valence-corrected chi connectivity index (χ1v) is 9.25. The molecule has 1 amide bonds. The Morgan fingerprint density at radius 3 is 2.42 bits per heavy atom. The van der Waals surface area contributed by atoms with Crippen molar-refractivity contribution < 1.29 is 18.0 Å². The maximum Gasteiger partial charge on any atom is 0.434 e. The van der Waals surface area contributed by atoms with E-state index in [-0.39, 0.29) is 22.2 Å². The maximum atomic E-state index is 13.9. The highest BCUT2D eigenvalue weighted by Crippen LogP contribution is 2.35. The number of carbonyl (C=O) groups is 1. The van der Waals surface area contributed by atoms with E-state index in [0.29, 0.717) is 15.3 Å². The molecule has 0 saturated heterocycles. The Bertz CT molecular complexity index is 1240. The van der Waals surface area contributed by atoms with Gasteiger partial charge in [0.25, 0.3) is 5.91 Å². The number of tetrazole rings is 1. The summed E-state index contributed by atoms with van der Waals surface area (Å²) in [5.41, 5.74) is -1.42. The molecule has 2 aromatic carbocycles. The van der Waals surface area contributed by atoms with Crippen LogP contribution < -0.4 is 5.32 Å². The molecule has 0 aliphatic carbocycles.